The van der Waals surface area contributed by atoms with Crippen molar-refractivity contribution in [2.75, 3.05) is 13.2 Å². The second-order valence-electron chi connectivity index (χ2n) is 6.33. The van der Waals surface area contributed by atoms with E-state index >= 15 is 0 Å². The molecule has 0 radical (unpaired) electrons. The van der Waals surface area contributed by atoms with E-state index in [0.29, 0.717) is 19.6 Å². The number of cyclic esters (lactones) is 1. The van der Waals surface area contributed by atoms with Crippen LogP contribution in [0.15, 0.2) is 42.5 Å². The van der Waals surface area contributed by atoms with E-state index in [-0.39, 0.29) is 23.8 Å². The van der Waals surface area contributed by atoms with Crippen LogP contribution in [0.4, 0.5) is 0 Å². The first kappa shape index (κ1) is 14.2. The van der Waals surface area contributed by atoms with Gasteiger partial charge in [-0.15, -0.1) is 0 Å². The van der Waals surface area contributed by atoms with Crippen molar-refractivity contribution in [3.8, 4) is 0 Å². The number of hydrogen-bond donors (Lipinski definition) is 0. The molecule has 0 spiro atoms. The molecule has 1 saturated carbocycles. The molecular weight excluding hydrogens is 292 g/mol. The summed E-state index contributed by atoms with van der Waals surface area (Å²) in [4.78, 5) is 24.4. The van der Waals surface area contributed by atoms with Crippen molar-refractivity contribution >= 4 is 22.7 Å². The zero-order chi connectivity index (χ0) is 16.0. The monoisotopic (exact) mass is 310 g/mol. The Labute approximate surface area is 134 Å². The Kier molecular flexibility index (Phi) is 3.15. The molecule has 1 saturated heterocycles. The van der Waals surface area contributed by atoms with Gasteiger partial charge in [-0.3, -0.25) is 9.59 Å². The summed E-state index contributed by atoms with van der Waals surface area (Å²) >= 11 is 0. The third-order valence-corrected chi connectivity index (χ3v) is 5.13. The van der Waals surface area contributed by atoms with E-state index in [1.54, 1.807) is 6.92 Å². The lowest BCUT2D eigenvalue weighted by Crippen LogP contribution is -2.25. The van der Waals surface area contributed by atoms with Gasteiger partial charge in [-0.1, -0.05) is 42.5 Å². The van der Waals surface area contributed by atoms with E-state index in [4.69, 9.17) is 9.47 Å². The van der Waals surface area contributed by atoms with Gasteiger partial charge < -0.3 is 9.47 Å². The van der Waals surface area contributed by atoms with Crippen molar-refractivity contribution < 1.29 is 19.1 Å². The lowest BCUT2D eigenvalue weighted by molar-refractivity contribution is -0.154. The number of benzene rings is 2. The Morgan fingerprint density at radius 3 is 2.83 bits per heavy atom. The van der Waals surface area contributed by atoms with E-state index in [1.165, 1.54) is 0 Å². The molecule has 4 rings (SSSR count). The summed E-state index contributed by atoms with van der Waals surface area (Å²) in [5.41, 5.74) is 0.341. The van der Waals surface area contributed by atoms with Gasteiger partial charge in [-0.25, -0.2) is 0 Å². The van der Waals surface area contributed by atoms with Crippen molar-refractivity contribution in [2.45, 2.75) is 13.3 Å². The highest BCUT2D eigenvalue weighted by molar-refractivity contribution is 5.94. The van der Waals surface area contributed by atoms with Crippen LogP contribution in [0.2, 0.25) is 0 Å². The Morgan fingerprint density at radius 1 is 1.26 bits per heavy atom. The summed E-state index contributed by atoms with van der Waals surface area (Å²) in [6.45, 7) is 2.45. The molecule has 3 atom stereocenters. The maximum atomic E-state index is 12.3. The first-order valence-corrected chi connectivity index (χ1v) is 7.98. The molecule has 2 fully saturated rings. The van der Waals surface area contributed by atoms with Crippen LogP contribution in [-0.2, 0) is 25.5 Å². The quantitative estimate of drug-likeness (QED) is 0.815. The van der Waals surface area contributed by atoms with E-state index in [9.17, 15) is 9.59 Å². The average Bonchev–Trinajstić information content (AvgIpc) is 3.10. The zero-order valence-electron chi connectivity index (χ0n) is 13.0. The van der Waals surface area contributed by atoms with Gasteiger partial charge in [0.1, 0.15) is 0 Å². The van der Waals surface area contributed by atoms with Crippen molar-refractivity contribution in [3.63, 3.8) is 0 Å². The molecule has 4 nitrogen and oxygen atoms in total. The summed E-state index contributed by atoms with van der Waals surface area (Å²) < 4.78 is 10.3. The van der Waals surface area contributed by atoms with Crippen LogP contribution in [0.5, 0.6) is 0 Å². The lowest BCUT2D eigenvalue weighted by atomic mass is 9.92. The molecular formula is C19H18O4. The summed E-state index contributed by atoms with van der Waals surface area (Å²) in [7, 11) is 0. The fourth-order valence-electron chi connectivity index (χ4n) is 3.95. The van der Waals surface area contributed by atoms with E-state index in [2.05, 4.69) is 24.3 Å². The second kappa shape index (κ2) is 5.08. The standard InChI is InChI=1S/C19H18O4/c1-2-22-17(20)16-15-11-23-18(21)19(15,16)10-12-7-8-13-5-3-4-6-14(13)9-12/h3-9,15-16H,2,10-11H2,1H3/t15-,16?,19-/m0/s1. The fraction of sp³-hybridized carbons (Fsp3) is 0.368. The number of hydrogen-bond acceptors (Lipinski definition) is 4. The predicted octanol–water partition coefficient (Wildman–Crippen LogP) is 2.73. The van der Waals surface area contributed by atoms with Gasteiger partial charge in [0.15, 0.2) is 0 Å². The van der Waals surface area contributed by atoms with Crippen LogP contribution in [0.3, 0.4) is 0 Å². The van der Waals surface area contributed by atoms with Gasteiger partial charge in [0.05, 0.1) is 24.5 Å². The first-order chi connectivity index (χ1) is 11.2. The third kappa shape index (κ3) is 2.05. The molecule has 1 unspecified atom stereocenters. The number of fused-ring (bicyclic) bond motifs is 2. The van der Waals surface area contributed by atoms with Crippen molar-refractivity contribution in [3.05, 3.63) is 48.0 Å². The van der Waals surface area contributed by atoms with Crippen molar-refractivity contribution in [1.82, 2.24) is 0 Å². The largest absolute Gasteiger partial charge is 0.466 e. The van der Waals surface area contributed by atoms with Gasteiger partial charge in [0, 0.05) is 5.92 Å². The molecule has 2 aliphatic rings. The normalized spacial score (nSPS) is 28.3. The highest BCUT2D eigenvalue weighted by atomic mass is 16.6. The molecule has 1 aliphatic carbocycles. The molecule has 0 amide bonds. The molecule has 4 heteroatoms. The van der Waals surface area contributed by atoms with Gasteiger partial charge in [0.2, 0.25) is 0 Å². The molecule has 1 heterocycles. The van der Waals surface area contributed by atoms with Crippen LogP contribution < -0.4 is 0 Å². The van der Waals surface area contributed by atoms with E-state index in [0.717, 1.165) is 16.3 Å². The maximum absolute atomic E-state index is 12.3. The molecule has 23 heavy (non-hydrogen) atoms. The minimum absolute atomic E-state index is 0.0412. The molecule has 1 aliphatic heterocycles. The summed E-state index contributed by atoms with van der Waals surface area (Å²) in [5.74, 6) is -0.917. The number of rotatable bonds is 4. The van der Waals surface area contributed by atoms with Crippen LogP contribution >= 0.6 is 0 Å². The van der Waals surface area contributed by atoms with Crippen molar-refractivity contribution in [1.29, 1.82) is 0 Å². The lowest BCUT2D eigenvalue weighted by Gasteiger charge is -2.13. The first-order valence-electron chi connectivity index (χ1n) is 7.98. The minimum atomic E-state index is -0.714. The summed E-state index contributed by atoms with van der Waals surface area (Å²) in [6.07, 6.45) is 0.533. The number of carbonyl (C=O) groups is 2. The average molecular weight is 310 g/mol. The Hall–Kier alpha value is -2.36. The Morgan fingerprint density at radius 2 is 2.04 bits per heavy atom. The summed E-state index contributed by atoms with van der Waals surface area (Å²) in [6, 6.07) is 14.3. The molecule has 2 aromatic rings. The summed E-state index contributed by atoms with van der Waals surface area (Å²) in [5, 5.41) is 2.30. The van der Waals surface area contributed by atoms with Crippen LogP contribution in [0, 0.1) is 17.3 Å². The second-order valence-corrected chi connectivity index (χ2v) is 6.33. The molecule has 0 N–H and O–H groups in total. The van der Waals surface area contributed by atoms with E-state index < -0.39 is 5.41 Å². The minimum Gasteiger partial charge on any atom is -0.466 e. The highest BCUT2D eigenvalue weighted by Gasteiger charge is 2.77. The number of esters is 2. The Balaban J connectivity index is 1.65. The van der Waals surface area contributed by atoms with Crippen molar-refractivity contribution in [2.24, 2.45) is 17.3 Å². The SMILES string of the molecule is CCOC(=O)C1[C@@H]2COC(=O)[C@]12Cc1ccc2ccccc2c1. The number of carbonyl (C=O) groups excluding carboxylic acids is 2. The zero-order valence-corrected chi connectivity index (χ0v) is 13.0. The van der Waals surface area contributed by atoms with Gasteiger partial charge >= 0.3 is 11.9 Å². The van der Waals surface area contributed by atoms with Gasteiger partial charge in [0.25, 0.3) is 0 Å². The van der Waals surface area contributed by atoms with Crippen LogP contribution in [0.1, 0.15) is 12.5 Å². The van der Waals surface area contributed by atoms with Crippen LogP contribution in [-0.4, -0.2) is 25.2 Å². The third-order valence-electron chi connectivity index (χ3n) is 5.13. The molecule has 0 aromatic heterocycles. The molecule has 2 aromatic carbocycles. The predicted molar refractivity (Wildman–Crippen MR) is 84.7 cm³/mol. The van der Waals surface area contributed by atoms with Gasteiger partial charge in [-0.05, 0) is 29.7 Å². The maximum Gasteiger partial charge on any atom is 0.313 e. The number of ether oxygens (including phenoxy) is 2. The Bertz CT molecular complexity index is 797. The van der Waals surface area contributed by atoms with E-state index in [1.807, 2.05) is 18.2 Å². The highest BCUT2D eigenvalue weighted by Crippen LogP contribution is 2.65. The van der Waals surface area contributed by atoms with Crippen LogP contribution in [0.25, 0.3) is 10.8 Å². The molecule has 118 valence electrons. The topological polar surface area (TPSA) is 52.6 Å². The fourth-order valence-corrected chi connectivity index (χ4v) is 3.95. The smallest absolute Gasteiger partial charge is 0.313 e. The van der Waals surface area contributed by atoms with Gasteiger partial charge in [-0.2, -0.15) is 0 Å². The molecule has 0 bridgehead atoms.